The molecule has 0 aromatic carbocycles. The fraction of sp³-hybridized carbons (Fsp3) is 0.938. The molecule has 0 aromatic rings. The lowest BCUT2D eigenvalue weighted by Gasteiger charge is -2.32. The normalized spacial score (nSPS) is 39.6. The molecule has 2 bridgehead atoms. The Morgan fingerprint density at radius 3 is 2.85 bits per heavy atom. The number of urea groups is 1. The van der Waals surface area contributed by atoms with Crippen molar-refractivity contribution in [2.45, 2.75) is 64.0 Å². The first kappa shape index (κ1) is 14.2. The SMILES string of the molecule is CCC(O)CCNC(=O)NC1CC2CC1C1CCCC21. The van der Waals surface area contributed by atoms with Crippen molar-refractivity contribution in [2.75, 3.05) is 6.54 Å². The van der Waals surface area contributed by atoms with Crippen LogP contribution in [0.3, 0.4) is 0 Å². The van der Waals surface area contributed by atoms with Gasteiger partial charge in [-0.3, -0.25) is 0 Å². The summed E-state index contributed by atoms with van der Waals surface area (Å²) in [5.74, 6) is 3.47. The minimum atomic E-state index is -0.294. The summed E-state index contributed by atoms with van der Waals surface area (Å²) in [5, 5.41) is 15.5. The molecule has 0 saturated heterocycles. The first-order valence-corrected chi connectivity index (χ1v) is 8.41. The van der Waals surface area contributed by atoms with Gasteiger partial charge in [-0.15, -0.1) is 0 Å². The highest BCUT2D eigenvalue weighted by Crippen LogP contribution is 2.58. The highest BCUT2D eigenvalue weighted by atomic mass is 16.3. The number of rotatable bonds is 5. The van der Waals surface area contributed by atoms with Crippen LogP contribution in [0.15, 0.2) is 0 Å². The van der Waals surface area contributed by atoms with Crippen LogP contribution < -0.4 is 10.6 Å². The molecule has 0 heterocycles. The largest absolute Gasteiger partial charge is 0.393 e. The zero-order valence-electron chi connectivity index (χ0n) is 12.5. The molecular formula is C16H28N2O2. The molecule has 2 amide bonds. The molecule has 3 saturated carbocycles. The molecule has 0 radical (unpaired) electrons. The second kappa shape index (κ2) is 5.92. The molecule has 0 aromatic heterocycles. The van der Waals surface area contributed by atoms with Crippen molar-refractivity contribution in [1.29, 1.82) is 0 Å². The van der Waals surface area contributed by atoms with Crippen molar-refractivity contribution < 1.29 is 9.90 Å². The van der Waals surface area contributed by atoms with Crippen molar-refractivity contribution >= 4 is 6.03 Å². The fourth-order valence-corrected chi connectivity index (χ4v) is 5.01. The Balaban J connectivity index is 1.42. The molecule has 3 N–H and O–H groups in total. The van der Waals surface area contributed by atoms with Crippen molar-refractivity contribution in [3.05, 3.63) is 0 Å². The molecule has 4 nitrogen and oxygen atoms in total. The van der Waals surface area contributed by atoms with Gasteiger partial charge in [-0.1, -0.05) is 13.3 Å². The second-order valence-corrected chi connectivity index (χ2v) is 7.01. The van der Waals surface area contributed by atoms with Gasteiger partial charge < -0.3 is 15.7 Å². The van der Waals surface area contributed by atoms with Crippen LogP contribution in [0.1, 0.15) is 51.9 Å². The maximum atomic E-state index is 11.9. The summed E-state index contributed by atoms with van der Waals surface area (Å²) in [7, 11) is 0. The first-order chi connectivity index (χ1) is 9.69. The first-order valence-electron chi connectivity index (χ1n) is 8.41. The second-order valence-electron chi connectivity index (χ2n) is 7.01. The Bertz CT molecular complexity index is 360. The molecular weight excluding hydrogens is 252 g/mol. The average Bonchev–Trinajstić information content (AvgIpc) is 3.09. The van der Waals surface area contributed by atoms with Crippen LogP contribution in [0.4, 0.5) is 4.79 Å². The highest BCUT2D eigenvalue weighted by Gasteiger charge is 2.53. The van der Waals surface area contributed by atoms with Crippen LogP contribution in [-0.2, 0) is 0 Å². The number of aliphatic hydroxyl groups is 1. The Kier molecular flexibility index (Phi) is 4.20. The molecule has 6 unspecified atom stereocenters. The zero-order chi connectivity index (χ0) is 14.1. The number of aliphatic hydroxyl groups excluding tert-OH is 1. The Labute approximate surface area is 121 Å². The number of amides is 2. The third-order valence-electron chi connectivity index (χ3n) is 5.98. The molecule has 4 heteroatoms. The predicted molar refractivity (Wildman–Crippen MR) is 78.3 cm³/mol. The van der Waals surface area contributed by atoms with Gasteiger partial charge in [-0.25, -0.2) is 4.79 Å². The van der Waals surface area contributed by atoms with E-state index in [2.05, 4.69) is 10.6 Å². The zero-order valence-corrected chi connectivity index (χ0v) is 12.5. The minimum absolute atomic E-state index is 0.0413. The summed E-state index contributed by atoms with van der Waals surface area (Å²) < 4.78 is 0. The van der Waals surface area contributed by atoms with E-state index in [0.29, 0.717) is 19.0 Å². The molecule has 6 atom stereocenters. The number of nitrogens with one attached hydrogen (secondary N) is 2. The number of hydrogen-bond donors (Lipinski definition) is 3. The van der Waals surface area contributed by atoms with E-state index >= 15 is 0 Å². The molecule has 3 aliphatic rings. The summed E-state index contributed by atoms with van der Waals surface area (Å²) in [6, 6.07) is 0.357. The maximum absolute atomic E-state index is 11.9. The lowest BCUT2D eigenvalue weighted by molar-refractivity contribution is 0.159. The molecule has 114 valence electrons. The minimum Gasteiger partial charge on any atom is -0.393 e. The summed E-state index contributed by atoms with van der Waals surface area (Å²) in [5.41, 5.74) is 0. The van der Waals surface area contributed by atoms with E-state index in [1.165, 1.54) is 32.1 Å². The molecule has 20 heavy (non-hydrogen) atoms. The van der Waals surface area contributed by atoms with Gasteiger partial charge in [0.1, 0.15) is 0 Å². The van der Waals surface area contributed by atoms with Crippen LogP contribution in [0.25, 0.3) is 0 Å². The average molecular weight is 280 g/mol. The van der Waals surface area contributed by atoms with Gasteiger partial charge in [-0.2, -0.15) is 0 Å². The Hall–Kier alpha value is -0.770. The Morgan fingerprint density at radius 1 is 1.25 bits per heavy atom. The van der Waals surface area contributed by atoms with Crippen LogP contribution in [0.5, 0.6) is 0 Å². The maximum Gasteiger partial charge on any atom is 0.315 e. The van der Waals surface area contributed by atoms with E-state index in [4.69, 9.17) is 0 Å². The predicted octanol–water partition coefficient (Wildman–Crippen LogP) is 2.27. The topological polar surface area (TPSA) is 61.4 Å². The third-order valence-corrected chi connectivity index (χ3v) is 5.98. The van der Waals surface area contributed by atoms with Gasteiger partial charge in [0.05, 0.1) is 6.10 Å². The van der Waals surface area contributed by atoms with E-state index in [-0.39, 0.29) is 12.1 Å². The number of hydrogen-bond acceptors (Lipinski definition) is 2. The lowest BCUT2D eigenvalue weighted by atomic mass is 9.79. The van der Waals surface area contributed by atoms with Crippen molar-refractivity contribution in [1.82, 2.24) is 10.6 Å². The van der Waals surface area contributed by atoms with Crippen molar-refractivity contribution in [2.24, 2.45) is 23.7 Å². The summed E-state index contributed by atoms with van der Waals surface area (Å²) in [6.45, 7) is 2.52. The van der Waals surface area contributed by atoms with Gasteiger partial charge in [0.2, 0.25) is 0 Å². The van der Waals surface area contributed by atoms with E-state index in [9.17, 15) is 9.90 Å². The standard InChI is InChI=1S/C16H28N2O2/c1-2-11(19)6-7-17-16(20)18-15-9-10-8-14(15)13-5-3-4-12(10)13/h10-15,19H,2-9H2,1H3,(H2,17,18,20). The molecule has 3 aliphatic carbocycles. The summed E-state index contributed by atoms with van der Waals surface area (Å²) in [4.78, 5) is 11.9. The van der Waals surface area contributed by atoms with Crippen LogP contribution in [-0.4, -0.2) is 29.8 Å². The van der Waals surface area contributed by atoms with E-state index < -0.39 is 0 Å². The monoisotopic (exact) mass is 280 g/mol. The molecule has 3 fully saturated rings. The van der Waals surface area contributed by atoms with E-state index in [0.717, 1.165) is 30.1 Å². The Morgan fingerprint density at radius 2 is 2.05 bits per heavy atom. The van der Waals surface area contributed by atoms with E-state index in [1.807, 2.05) is 6.92 Å². The number of fused-ring (bicyclic) bond motifs is 5. The van der Waals surface area contributed by atoms with Gasteiger partial charge in [0.25, 0.3) is 0 Å². The highest BCUT2D eigenvalue weighted by molar-refractivity contribution is 5.74. The van der Waals surface area contributed by atoms with Gasteiger partial charge in [0.15, 0.2) is 0 Å². The van der Waals surface area contributed by atoms with E-state index in [1.54, 1.807) is 0 Å². The van der Waals surface area contributed by atoms with Crippen molar-refractivity contribution in [3.63, 3.8) is 0 Å². The number of carbonyl (C=O) groups excluding carboxylic acids is 1. The molecule has 3 rings (SSSR count). The fourth-order valence-electron chi connectivity index (χ4n) is 5.01. The molecule has 0 aliphatic heterocycles. The number of carbonyl (C=O) groups is 1. The van der Waals surface area contributed by atoms with Crippen LogP contribution in [0, 0.1) is 23.7 Å². The van der Waals surface area contributed by atoms with Gasteiger partial charge in [-0.05, 0) is 62.2 Å². The lowest BCUT2D eigenvalue weighted by Crippen LogP contribution is -2.47. The quantitative estimate of drug-likeness (QED) is 0.723. The van der Waals surface area contributed by atoms with Crippen LogP contribution >= 0.6 is 0 Å². The van der Waals surface area contributed by atoms with Gasteiger partial charge >= 0.3 is 6.03 Å². The summed E-state index contributed by atoms with van der Waals surface area (Å²) >= 11 is 0. The van der Waals surface area contributed by atoms with Gasteiger partial charge in [0, 0.05) is 12.6 Å². The summed E-state index contributed by atoms with van der Waals surface area (Å²) in [6.07, 6.45) is 7.84. The third kappa shape index (κ3) is 2.67. The smallest absolute Gasteiger partial charge is 0.315 e. The van der Waals surface area contributed by atoms with Crippen LogP contribution in [0.2, 0.25) is 0 Å². The molecule has 0 spiro atoms. The van der Waals surface area contributed by atoms with Crippen molar-refractivity contribution in [3.8, 4) is 0 Å².